The van der Waals surface area contributed by atoms with Gasteiger partial charge in [-0.2, -0.15) is 0 Å². The molecule has 70 valence electrons. The van der Waals surface area contributed by atoms with E-state index in [2.05, 4.69) is 9.97 Å². The Kier molecular flexibility index (Phi) is 3.47. The summed E-state index contributed by atoms with van der Waals surface area (Å²) in [5.41, 5.74) is 0.458. The molecular formula is C7H5Cl3N2O. The second kappa shape index (κ2) is 4.22. The van der Waals surface area contributed by atoms with Crippen LogP contribution in [0.3, 0.4) is 0 Å². The third kappa shape index (κ3) is 2.30. The monoisotopic (exact) mass is 238 g/mol. The van der Waals surface area contributed by atoms with Gasteiger partial charge in [-0.05, 0) is 18.0 Å². The second-order valence-corrected chi connectivity index (χ2v) is 3.29. The van der Waals surface area contributed by atoms with Gasteiger partial charge in [-0.3, -0.25) is 4.79 Å². The summed E-state index contributed by atoms with van der Waals surface area (Å²) in [5.74, 6) is 0. The molecule has 0 N–H and O–H groups in total. The molecule has 0 saturated carbocycles. The van der Waals surface area contributed by atoms with Crippen LogP contribution in [0.1, 0.15) is 23.1 Å². The van der Waals surface area contributed by atoms with Gasteiger partial charge < -0.3 is 0 Å². The summed E-state index contributed by atoms with van der Waals surface area (Å²) in [5, 5.41) is -0.597. The lowest BCUT2D eigenvalue weighted by Gasteiger charge is -2.02. The number of hydrogen-bond donors (Lipinski definition) is 0. The van der Waals surface area contributed by atoms with Gasteiger partial charge in [0.25, 0.3) is 5.24 Å². The molecule has 0 aliphatic carbocycles. The van der Waals surface area contributed by atoms with Crippen LogP contribution >= 0.6 is 34.8 Å². The fraction of sp³-hybridized carbons (Fsp3) is 0.286. The molecular weight excluding hydrogens is 234 g/mol. The summed E-state index contributed by atoms with van der Waals surface area (Å²) < 4.78 is 0. The molecule has 6 heteroatoms. The van der Waals surface area contributed by atoms with Crippen molar-refractivity contribution in [1.82, 2.24) is 9.97 Å². The highest BCUT2D eigenvalue weighted by Crippen LogP contribution is 2.19. The van der Waals surface area contributed by atoms with E-state index in [4.69, 9.17) is 34.8 Å². The van der Waals surface area contributed by atoms with Crippen LogP contribution in [0.4, 0.5) is 0 Å². The molecule has 0 atom stereocenters. The first-order valence-corrected chi connectivity index (χ1v) is 4.61. The van der Waals surface area contributed by atoms with Gasteiger partial charge in [0.15, 0.2) is 16.0 Å². The predicted molar refractivity (Wildman–Crippen MR) is 51.6 cm³/mol. The van der Waals surface area contributed by atoms with Crippen molar-refractivity contribution in [2.24, 2.45) is 0 Å². The minimum atomic E-state index is -0.733. The molecule has 13 heavy (non-hydrogen) atoms. The highest BCUT2D eigenvalue weighted by atomic mass is 35.5. The maximum Gasteiger partial charge on any atom is 0.274 e. The molecule has 0 bridgehead atoms. The fourth-order valence-corrected chi connectivity index (χ4v) is 1.48. The predicted octanol–water partition coefficient (Wildman–Crippen LogP) is 2.72. The summed E-state index contributed by atoms with van der Waals surface area (Å²) in [6.45, 7) is 1.84. The number of nitrogens with zero attached hydrogens (tertiary/aromatic N) is 2. The Morgan fingerprint density at radius 2 is 1.92 bits per heavy atom. The SMILES string of the molecule is CCc1nc(C(=O)Cl)c(Cl)nc1Cl. The molecule has 0 aliphatic heterocycles. The van der Waals surface area contributed by atoms with Crippen molar-refractivity contribution in [1.29, 1.82) is 0 Å². The van der Waals surface area contributed by atoms with E-state index in [0.717, 1.165) is 0 Å². The summed E-state index contributed by atoms with van der Waals surface area (Å²) in [4.78, 5) is 18.4. The van der Waals surface area contributed by atoms with Crippen molar-refractivity contribution in [3.8, 4) is 0 Å². The Bertz CT molecular complexity index is 354. The first kappa shape index (κ1) is 10.7. The van der Waals surface area contributed by atoms with Gasteiger partial charge in [0.1, 0.15) is 0 Å². The quantitative estimate of drug-likeness (QED) is 0.745. The van der Waals surface area contributed by atoms with Crippen molar-refractivity contribution in [3.63, 3.8) is 0 Å². The van der Waals surface area contributed by atoms with Gasteiger partial charge in [0.05, 0.1) is 5.69 Å². The zero-order valence-electron chi connectivity index (χ0n) is 6.64. The number of carbonyl (C=O) groups is 1. The smallest absolute Gasteiger partial charge is 0.274 e. The first-order valence-electron chi connectivity index (χ1n) is 3.48. The summed E-state index contributed by atoms with van der Waals surface area (Å²) in [6.07, 6.45) is 0.570. The van der Waals surface area contributed by atoms with Gasteiger partial charge >= 0.3 is 0 Å². The van der Waals surface area contributed by atoms with E-state index < -0.39 is 5.24 Å². The van der Waals surface area contributed by atoms with Crippen LogP contribution < -0.4 is 0 Å². The summed E-state index contributed by atoms with van der Waals surface area (Å²) in [6, 6.07) is 0. The van der Waals surface area contributed by atoms with Crippen LogP contribution in [0, 0.1) is 0 Å². The average Bonchev–Trinajstić information content (AvgIpc) is 2.03. The van der Waals surface area contributed by atoms with Crippen molar-refractivity contribution < 1.29 is 4.79 Å². The maximum atomic E-state index is 10.8. The van der Waals surface area contributed by atoms with Crippen LogP contribution in [0.5, 0.6) is 0 Å². The third-order valence-electron chi connectivity index (χ3n) is 1.40. The molecule has 0 fully saturated rings. The Labute approximate surface area is 90.0 Å². The molecule has 0 saturated heterocycles. The molecule has 0 aliphatic rings. The zero-order chi connectivity index (χ0) is 10.0. The van der Waals surface area contributed by atoms with Crippen LogP contribution in [0.15, 0.2) is 0 Å². The molecule has 0 aromatic carbocycles. The minimum absolute atomic E-state index is 0.0513. The third-order valence-corrected chi connectivity index (χ3v) is 2.14. The van der Waals surface area contributed by atoms with E-state index in [-0.39, 0.29) is 16.0 Å². The number of rotatable bonds is 2. The van der Waals surface area contributed by atoms with Crippen LogP contribution in [-0.4, -0.2) is 15.2 Å². The minimum Gasteiger partial charge on any atom is -0.274 e. The number of halogens is 3. The van der Waals surface area contributed by atoms with E-state index >= 15 is 0 Å². The van der Waals surface area contributed by atoms with Gasteiger partial charge in [0, 0.05) is 0 Å². The normalized spacial score (nSPS) is 10.2. The molecule has 1 aromatic rings. The number of aryl methyl sites for hydroxylation is 1. The second-order valence-electron chi connectivity index (χ2n) is 2.23. The molecule has 1 heterocycles. The largest absolute Gasteiger partial charge is 0.274 e. The van der Waals surface area contributed by atoms with E-state index in [1.807, 2.05) is 6.92 Å². The molecule has 1 rings (SSSR count). The molecule has 0 unspecified atom stereocenters. The van der Waals surface area contributed by atoms with Crippen molar-refractivity contribution in [2.45, 2.75) is 13.3 Å². The van der Waals surface area contributed by atoms with E-state index in [0.29, 0.717) is 12.1 Å². The highest BCUT2D eigenvalue weighted by molar-refractivity contribution is 6.68. The number of aromatic nitrogens is 2. The van der Waals surface area contributed by atoms with Gasteiger partial charge in [-0.15, -0.1) is 0 Å². The van der Waals surface area contributed by atoms with Crippen molar-refractivity contribution >= 4 is 40.0 Å². The van der Waals surface area contributed by atoms with Crippen LogP contribution in [0.2, 0.25) is 10.3 Å². The van der Waals surface area contributed by atoms with E-state index in [1.54, 1.807) is 0 Å². The topological polar surface area (TPSA) is 42.9 Å². The Morgan fingerprint density at radius 3 is 2.38 bits per heavy atom. The fourth-order valence-electron chi connectivity index (χ4n) is 0.781. The van der Waals surface area contributed by atoms with Gasteiger partial charge in [-0.25, -0.2) is 9.97 Å². The average molecular weight is 239 g/mol. The van der Waals surface area contributed by atoms with Gasteiger partial charge in [-0.1, -0.05) is 30.1 Å². The van der Waals surface area contributed by atoms with Crippen LogP contribution in [-0.2, 0) is 6.42 Å². The maximum absolute atomic E-state index is 10.8. The molecule has 0 amide bonds. The summed E-state index contributed by atoms with van der Waals surface area (Å²) >= 11 is 16.5. The summed E-state index contributed by atoms with van der Waals surface area (Å²) in [7, 11) is 0. The van der Waals surface area contributed by atoms with Gasteiger partial charge in [0.2, 0.25) is 0 Å². The molecule has 0 radical (unpaired) electrons. The van der Waals surface area contributed by atoms with E-state index in [1.165, 1.54) is 0 Å². The standard InChI is InChI=1S/C7H5Cl3N2O/c1-2-3-5(8)12-6(9)4(11-3)7(10)13/h2H2,1H3. The lowest BCUT2D eigenvalue weighted by atomic mass is 10.3. The highest BCUT2D eigenvalue weighted by Gasteiger charge is 2.14. The molecule has 1 aromatic heterocycles. The Balaban J connectivity index is 3.30. The lowest BCUT2D eigenvalue weighted by Crippen LogP contribution is -2.02. The Morgan fingerprint density at radius 1 is 1.31 bits per heavy atom. The van der Waals surface area contributed by atoms with Crippen molar-refractivity contribution in [2.75, 3.05) is 0 Å². The first-order chi connectivity index (χ1) is 6.06. The lowest BCUT2D eigenvalue weighted by molar-refractivity contribution is 0.107. The number of carbonyl (C=O) groups excluding carboxylic acids is 1. The molecule has 0 spiro atoms. The van der Waals surface area contributed by atoms with Crippen LogP contribution in [0.25, 0.3) is 0 Å². The van der Waals surface area contributed by atoms with Crippen molar-refractivity contribution in [3.05, 3.63) is 21.7 Å². The molecule has 3 nitrogen and oxygen atoms in total. The number of hydrogen-bond acceptors (Lipinski definition) is 3. The zero-order valence-corrected chi connectivity index (χ0v) is 8.91. The Hall–Kier alpha value is -0.380. The van der Waals surface area contributed by atoms with E-state index in [9.17, 15) is 4.79 Å².